The molecule has 0 unspecified atom stereocenters. The van der Waals surface area contributed by atoms with E-state index in [1.165, 1.54) is 19.2 Å². The number of benzene rings is 1. The third kappa shape index (κ3) is 2.98. The second-order valence-electron chi connectivity index (χ2n) is 3.85. The van der Waals surface area contributed by atoms with Crippen molar-refractivity contribution in [1.29, 1.82) is 0 Å². The summed E-state index contributed by atoms with van der Waals surface area (Å²) in [6.07, 6.45) is 0.0991. The zero-order valence-electron chi connectivity index (χ0n) is 10.2. The van der Waals surface area contributed by atoms with E-state index in [0.29, 0.717) is 5.75 Å². The summed E-state index contributed by atoms with van der Waals surface area (Å²) >= 11 is 0. The largest absolute Gasteiger partial charge is 0.497 e. The number of methoxy groups -OCH3 is 1. The lowest BCUT2D eigenvalue weighted by molar-refractivity contribution is -0.402. The lowest BCUT2D eigenvalue weighted by atomic mass is 10.1. The summed E-state index contributed by atoms with van der Waals surface area (Å²) in [7, 11) is 1.54. The van der Waals surface area contributed by atoms with Gasteiger partial charge in [-0.15, -0.1) is 0 Å². The van der Waals surface area contributed by atoms with Crippen molar-refractivity contribution in [2.75, 3.05) is 7.11 Å². The first-order chi connectivity index (χ1) is 9.10. The molecule has 2 aromatic rings. The Labute approximate surface area is 108 Å². The number of Topliss-reactive ketones (excluding diaryl/α,β-unsaturated/α-hetero) is 1. The molecular formula is C13H11NO5. The molecule has 0 atom stereocenters. The van der Waals surface area contributed by atoms with Crippen molar-refractivity contribution in [2.45, 2.75) is 6.42 Å². The SMILES string of the molecule is COc1cccc(CC(=O)c2ccc([N+](=O)[O-])o2)c1. The first-order valence-electron chi connectivity index (χ1n) is 5.50. The Balaban J connectivity index is 2.13. The first kappa shape index (κ1) is 12.8. The third-order valence-corrected chi connectivity index (χ3v) is 2.55. The van der Waals surface area contributed by atoms with Crippen LogP contribution in [0.25, 0.3) is 0 Å². The van der Waals surface area contributed by atoms with Crippen molar-refractivity contribution in [3.05, 3.63) is 57.8 Å². The van der Waals surface area contributed by atoms with Crippen LogP contribution in [0, 0.1) is 10.1 Å². The highest BCUT2D eigenvalue weighted by Crippen LogP contribution is 2.19. The standard InChI is InChI=1S/C13H11NO5/c1-18-10-4-2-3-9(7-10)8-11(15)12-5-6-13(19-12)14(16)17/h2-7H,8H2,1H3. The average molecular weight is 261 g/mol. The van der Waals surface area contributed by atoms with E-state index in [0.717, 1.165) is 5.56 Å². The Hall–Kier alpha value is -2.63. The number of ether oxygens (including phenoxy) is 1. The number of carbonyl (C=O) groups excluding carboxylic acids is 1. The van der Waals surface area contributed by atoms with Gasteiger partial charge in [0.25, 0.3) is 0 Å². The van der Waals surface area contributed by atoms with Gasteiger partial charge in [0.1, 0.15) is 10.7 Å². The van der Waals surface area contributed by atoms with Crippen molar-refractivity contribution in [3.8, 4) is 5.75 Å². The molecule has 1 aromatic carbocycles. The van der Waals surface area contributed by atoms with Gasteiger partial charge in [-0.2, -0.15) is 0 Å². The van der Waals surface area contributed by atoms with Gasteiger partial charge < -0.3 is 9.15 Å². The van der Waals surface area contributed by atoms with E-state index in [-0.39, 0.29) is 18.0 Å². The van der Waals surface area contributed by atoms with Gasteiger partial charge in [-0.05, 0) is 23.8 Å². The van der Waals surface area contributed by atoms with Crippen molar-refractivity contribution in [1.82, 2.24) is 0 Å². The van der Waals surface area contributed by atoms with E-state index >= 15 is 0 Å². The van der Waals surface area contributed by atoms with E-state index in [4.69, 9.17) is 9.15 Å². The van der Waals surface area contributed by atoms with Gasteiger partial charge in [0.15, 0.2) is 5.76 Å². The second kappa shape index (κ2) is 5.34. The Morgan fingerprint density at radius 1 is 1.37 bits per heavy atom. The average Bonchev–Trinajstić information content (AvgIpc) is 2.89. The molecule has 19 heavy (non-hydrogen) atoms. The van der Waals surface area contributed by atoms with Gasteiger partial charge in [-0.1, -0.05) is 12.1 Å². The van der Waals surface area contributed by atoms with Crippen LogP contribution in [0.1, 0.15) is 16.1 Å². The predicted octanol–water partition coefficient (Wildman–Crippen LogP) is 2.62. The van der Waals surface area contributed by atoms with Crippen LogP contribution >= 0.6 is 0 Å². The van der Waals surface area contributed by atoms with Crippen LogP contribution in [-0.4, -0.2) is 17.8 Å². The maximum absolute atomic E-state index is 11.9. The molecule has 1 heterocycles. The Morgan fingerprint density at radius 3 is 2.79 bits per heavy atom. The molecular weight excluding hydrogens is 250 g/mol. The van der Waals surface area contributed by atoms with Crippen LogP contribution in [0.5, 0.6) is 5.75 Å². The van der Waals surface area contributed by atoms with Crippen LogP contribution in [0.3, 0.4) is 0 Å². The smallest absolute Gasteiger partial charge is 0.433 e. The summed E-state index contributed by atoms with van der Waals surface area (Å²) in [5, 5.41) is 10.5. The van der Waals surface area contributed by atoms with Crippen LogP contribution in [0.4, 0.5) is 5.88 Å². The number of hydrogen-bond donors (Lipinski definition) is 0. The number of furan rings is 1. The maximum Gasteiger partial charge on any atom is 0.433 e. The molecule has 1 aromatic heterocycles. The molecule has 0 aliphatic rings. The van der Waals surface area contributed by atoms with Crippen molar-refractivity contribution in [3.63, 3.8) is 0 Å². The number of ketones is 1. The number of carbonyl (C=O) groups is 1. The fourth-order valence-corrected chi connectivity index (χ4v) is 1.63. The lowest BCUT2D eigenvalue weighted by Crippen LogP contribution is -2.02. The summed E-state index contributed by atoms with van der Waals surface area (Å²) < 4.78 is 9.91. The molecule has 0 aliphatic carbocycles. The zero-order chi connectivity index (χ0) is 13.8. The third-order valence-electron chi connectivity index (χ3n) is 2.55. The van der Waals surface area contributed by atoms with Crippen LogP contribution in [0.15, 0.2) is 40.8 Å². The van der Waals surface area contributed by atoms with Gasteiger partial charge in [-0.25, -0.2) is 0 Å². The van der Waals surface area contributed by atoms with E-state index in [2.05, 4.69) is 0 Å². The number of nitrogens with zero attached hydrogens (tertiary/aromatic N) is 1. The summed E-state index contributed by atoms with van der Waals surface area (Å²) in [4.78, 5) is 21.7. The van der Waals surface area contributed by atoms with Gasteiger partial charge >= 0.3 is 5.88 Å². The van der Waals surface area contributed by atoms with Gasteiger partial charge in [0, 0.05) is 6.42 Å². The molecule has 6 heteroatoms. The van der Waals surface area contributed by atoms with Crippen molar-refractivity contribution >= 4 is 11.7 Å². The normalized spacial score (nSPS) is 10.2. The highest BCUT2D eigenvalue weighted by atomic mass is 16.6. The molecule has 0 spiro atoms. The second-order valence-corrected chi connectivity index (χ2v) is 3.85. The molecule has 0 fully saturated rings. The van der Waals surface area contributed by atoms with Crippen LogP contribution in [0.2, 0.25) is 0 Å². The highest BCUT2D eigenvalue weighted by Gasteiger charge is 2.17. The minimum absolute atomic E-state index is 0.0190. The molecule has 0 N–H and O–H groups in total. The van der Waals surface area contributed by atoms with Gasteiger partial charge in [0.05, 0.1) is 13.2 Å². The highest BCUT2D eigenvalue weighted by molar-refractivity contribution is 5.95. The molecule has 98 valence electrons. The Bertz CT molecular complexity index is 617. The summed E-state index contributed by atoms with van der Waals surface area (Å²) in [6.45, 7) is 0. The first-order valence-corrected chi connectivity index (χ1v) is 5.50. The predicted molar refractivity (Wildman–Crippen MR) is 66.4 cm³/mol. The summed E-state index contributed by atoms with van der Waals surface area (Å²) in [5.41, 5.74) is 0.753. The van der Waals surface area contributed by atoms with E-state index in [1.54, 1.807) is 24.3 Å². The van der Waals surface area contributed by atoms with E-state index in [1.807, 2.05) is 0 Å². The zero-order valence-corrected chi connectivity index (χ0v) is 10.2. The molecule has 0 saturated carbocycles. The van der Waals surface area contributed by atoms with Crippen molar-refractivity contribution in [2.24, 2.45) is 0 Å². The van der Waals surface area contributed by atoms with Crippen molar-refractivity contribution < 1.29 is 18.9 Å². The Kier molecular flexibility index (Phi) is 3.61. The number of rotatable bonds is 5. The lowest BCUT2D eigenvalue weighted by Gasteiger charge is -2.02. The Morgan fingerprint density at radius 2 is 2.16 bits per heavy atom. The molecule has 0 amide bonds. The van der Waals surface area contributed by atoms with E-state index in [9.17, 15) is 14.9 Å². The molecule has 0 bridgehead atoms. The van der Waals surface area contributed by atoms with E-state index < -0.39 is 10.8 Å². The quantitative estimate of drug-likeness (QED) is 0.469. The summed E-state index contributed by atoms with van der Waals surface area (Å²) in [5.74, 6) is -0.124. The fraction of sp³-hybridized carbons (Fsp3) is 0.154. The van der Waals surface area contributed by atoms with Crippen LogP contribution < -0.4 is 4.74 Å². The fourth-order valence-electron chi connectivity index (χ4n) is 1.63. The molecule has 0 saturated heterocycles. The minimum Gasteiger partial charge on any atom is -0.497 e. The van der Waals surface area contributed by atoms with Crippen LogP contribution in [-0.2, 0) is 6.42 Å². The van der Waals surface area contributed by atoms with Gasteiger partial charge in [0.2, 0.25) is 5.78 Å². The summed E-state index contributed by atoms with van der Waals surface area (Å²) in [6, 6.07) is 9.52. The monoisotopic (exact) mass is 261 g/mol. The topological polar surface area (TPSA) is 82.6 Å². The molecule has 6 nitrogen and oxygen atoms in total. The van der Waals surface area contributed by atoms with Gasteiger partial charge in [-0.3, -0.25) is 14.9 Å². The molecule has 0 aliphatic heterocycles. The molecule has 0 radical (unpaired) electrons. The maximum atomic E-state index is 11.9. The minimum atomic E-state index is -0.678. The molecule has 2 rings (SSSR count). The number of hydrogen-bond acceptors (Lipinski definition) is 5. The number of nitro groups is 1.